The number of anilines is 1. The number of halogens is 1. The Morgan fingerprint density at radius 2 is 2.10 bits per heavy atom. The van der Waals surface area contributed by atoms with E-state index in [4.69, 9.17) is 18.0 Å². The number of nitrogens with two attached hydrogens (primary N) is 1. The van der Waals surface area contributed by atoms with E-state index in [9.17, 15) is 0 Å². The summed E-state index contributed by atoms with van der Waals surface area (Å²) in [6.07, 6.45) is 2.31. The van der Waals surface area contributed by atoms with Gasteiger partial charge >= 0.3 is 0 Å². The number of rotatable bonds is 8. The molecule has 0 aliphatic rings. The third-order valence-electron chi connectivity index (χ3n) is 3.38. The molecule has 0 fully saturated rings. The number of thiocarbonyl (C=S) groups is 1. The lowest BCUT2D eigenvalue weighted by Gasteiger charge is -2.20. The lowest BCUT2D eigenvalue weighted by Crippen LogP contribution is -2.27. The summed E-state index contributed by atoms with van der Waals surface area (Å²) in [5, 5.41) is 3.42. The van der Waals surface area contributed by atoms with Gasteiger partial charge in [0, 0.05) is 28.3 Å². The van der Waals surface area contributed by atoms with E-state index >= 15 is 0 Å². The SMILES string of the molecule is CC(C)N(C)CCCCNc1ccc(Br)cc1C(N)=S. The maximum Gasteiger partial charge on any atom is 0.106 e. The van der Waals surface area contributed by atoms with Gasteiger partial charge < -0.3 is 16.0 Å². The molecule has 112 valence electrons. The van der Waals surface area contributed by atoms with Gasteiger partial charge in [-0.3, -0.25) is 0 Å². The Morgan fingerprint density at radius 1 is 1.40 bits per heavy atom. The van der Waals surface area contributed by atoms with Crippen LogP contribution in [0.4, 0.5) is 5.69 Å². The molecule has 0 heterocycles. The van der Waals surface area contributed by atoms with E-state index in [0.717, 1.165) is 35.2 Å². The summed E-state index contributed by atoms with van der Waals surface area (Å²) in [7, 11) is 2.16. The van der Waals surface area contributed by atoms with Crippen molar-refractivity contribution in [2.24, 2.45) is 5.73 Å². The highest BCUT2D eigenvalue weighted by molar-refractivity contribution is 9.10. The van der Waals surface area contributed by atoms with E-state index in [1.165, 1.54) is 6.42 Å². The van der Waals surface area contributed by atoms with Gasteiger partial charge in [0.2, 0.25) is 0 Å². The molecule has 0 spiro atoms. The molecule has 0 amide bonds. The standard InChI is InChI=1S/C15H24BrN3S/c1-11(2)19(3)9-5-4-8-18-14-7-6-12(16)10-13(14)15(17)20/h6-7,10-11,18H,4-5,8-9H2,1-3H3,(H2,17,20). The fourth-order valence-corrected chi connectivity index (χ4v) is 2.37. The molecule has 0 saturated carbocycles. The summed E-state index contributed by atoms with van der Waals surface area (Å²) >= 11 is 8.52. The average molecular weight is 358 g/mol. The first-order valence-electron chi connectivity index (χ1n) is 6.95. The highest BCUT2D eigenvalue weighted by Crippen LogP contribution is 2.21. The van der Waals surface area contributed by atoms with Crippen molar-refractivity contribution >= 4 is 38.8 Å². The smallest absolute Gasteiger partial charge is 0.106 e. The van der Waals surface area contributed by atoms with E-state index in [1.54, 1.807) is 0 Å². The van der Waals surface area contributed by atoms with E-state index in [2.05, 4.69) is 47.0 Å². The molecule has 0 atom stereocenters. The molecule has 0 aliphatic carbocycles. The monoisotopic (exact) mass is 357 g/mol. The van der Waals surface area contributed by atoms with Crippen LogP contribution in [-0.2, 0) is 0 Å². The molecule has 1 aromatic carbocycles. The number of benzene rings is 1. The maximum atomic E-state index is 5.75. The van der Waals surface area contributed by atoms with Crippen LogP contribution in [0.2, 0.25) is 0 Å². The van der Waals surface area contributed by atoms with E-state index in [-0.39, 0.29) is 0 Å². The van der Waals surface area contributed by atoms with Crippen LogP contribution in [0.25, 0.3) is 0 Å². The first-order chi connectivity index (χ1) is 9.41. The van der Waals surface area contributed by atoms with Gasteiger partial charge in [0.15, 0.2) is 0 Å². The van der Waals surface area contributed by atoms with Crippen molar-refractivity contribution in [2.45, 2.75) is 32.7 Å². The summed E-state index contributed by atoms with van der Waals surface area (Å²) in [5.74, 6) is 0. The number of nitrogens with zero attached hydrogens (tertiary/aromatic N) is 1. The predicted octanol–water partition coefficient (Wildman–Crippen LogP) is 3.62. The quantitative estimate of drug-likeness (QED) is 0.550. The number of hydrogen-bond donors (Lipinski definition) is 2. The zero-order valence-corrected chi connectivity index (χ0v) is 14.9. The van der Waals surface area contributed by atoms with E-state index in [0.29, 0.717) is 11.0 Å². The Morgan fingerprint density at radius 3 is 2.70 bits per heavy atom. The van der Waals surface area contributed by atoms with Crippen LogP contribution < -0.4 is 11.1 Å². The highest BCUT2D eigenvalue weighted by atomic mass is 79.9. The predicted molar refractivity (Wildman–Crippen MR) is 95.5 cm³/mol. The third kappa shape index (κ3) is 5.77. The van der Waals surface area contributed by atoms with E-state index < -0.39 is 0 Å². The molecule has 5 heteroatoms. The Kier molecular flexibility index (Phi) is 7.48. The average Bonchev–Trinajstić information content (AvgIpc) is 2.39. The Labute approximate surface area is 136 Å². The maximum absolute atomic E-state index is 5.75. The van der Waals surface area contributed by atoms with Crippen molar-refractivity contribution in [1.29, 1.82) is 0 Å². The number of unbranched alkanes of at least 4 members (excludes halogenated alkanes) is 1. The minimum atomic E-state index is 0.424. The normalized spacial score (nSPS) is 11.1. The molecular formula is C15H24BrN3S. The topological polar surface area (TPSA) is 41.3 Å². The lowest BCUT2D eigenvalue weighted by atomic mass is 10.1. The minimum absolute atomic E-state index is 0.424. The van der Waals surface area contributed by atoms with Crippen LogP contribution in [-0.4, -0.2) is 36.1 Å². The second-order valence-corrected chi connectivity index (χ2v) is 6.62. The van der Waals surface area contributed by atoms with Gasteiger partial charge in [0.05, 0.1) is 0 Å². The minimum Gasteiger partial charge on any atom is -0.389 e. The first kappa shape index (κ1) is 17.4. The Hall–Kier alpha value is -0.650. The van der Waals surface area contributed by atoms with Gasteiger partial charge in [-0.1, -0.05) is 28.1 Å². The van der Waals surface area contributed by atoms with Crippen LogP contribution in [0.3, 0.4) is 0 Å². The van der Waals surface area contributed by atoms with Crippen LogP contribution in [0.1, 0.15) is 32.3 Å². The van der Waals surface area contributed by atoms with Crippen LogP contribution in [0.5, 0.6) is 0 Å². The molecule has 0 aliphatic heterocycles. The van der Waals surface area contributed by atoms with Crippen LogP contribution in [0.15, 0.2) is 22.7 Å². The van der Waals surface area contributed by atoms with Crippen LogP contribution >= 0.6 is 28.1 Å². The van der Waals surface area contributed by atoms with Crippen LogP contribution in [0, 0.1) is 0 Å². The number of nitrogens with one attached hydrogen (secondary N) is 1. The second-order valence-electron chi connectivity index (χ2n) is 5.26. The molecule has 0 unspecified atom stereocenters. The van der Waals surface area contributed by atoms with E-state index in [1.807, 2.05) is 18.2 Å². The summed E-state index contributed by atoms with van der Waals surface area (Å²) in [5.41, 5.74) is 7.66. The highest BCUT2D eigenvalue weighted by Gasteiger charge is 2.06. The van der Waals surface area contributed by atoms with Gasteiger partial charge in [0.25, 0.3) is 0 Å². The van der Waals surface area contributed by atoms with Crippen molar-refractivity contribution in [2.75, 3.05) is 25.5 Å². The molecular weight excluding hydrogens is 334 g/mol. The Bertz CT molecular complexity index is 449. The first-order valence-corrected chi connectivity index (χ1v) is 8.15. The van der Waals surface area contributed by atoms with Gasteiger partial charge in [-0.15, -0.1) is 0 Å². The summed E-state index contributed by atoms with van der Waals surface area (Å²) in [4.78, 5) is 2.79. The van der Waals surface area contributed by atoms with Gasteiger partial charge in [-0.2, -0.15) is 0 Å². The van der Waals surface area contributed by atoms with Crippen molar-refractivity contribution in [1.82, 2.24) is 4.90 Å². The Balaban J connectivity index is 2.41. The lowest BCUT2D eigenvalue weighted by molar-refractivity contribution is 0.269. The molecule has 1 aromatic rings. The molecule has 20 heavy (non-hydrogen) atoms. The number of hydrogen-bond acceptors (Lipinski definition) is 3. The molecule has 3 N–H and O–H groups in total. The molecule has 3 nitrogen and oxygen atoms in total. The zero-order valence-electron chi connectivity index (χ0n) is 12.4. The summed E-state index contributed by atoms with van der Waals surface area (Å²) in [6, 6.07) is 6.57. The molecule has 0 aromatic heterocycles. The summed E-state index contributed by atoms with van der Waals surface area (Å²) in [6.45, 7) is 6.49. The molecule has 0 bridgehead atoms. The van der Waals surface area contributed by atoms with Crippen molar-refractivity contribution < 1.29 is 0 Å². The third-order valence-corrected chi connectivity index (χ3v) is 4.09. The summed E-state index contributed by atoms with van der Waals surface area (Å²) < 4.78 is 0.990. The molecule has 0 radical (unpaired) electrons. The largest absolute Gasteiger partial charge is 0.389 e. The molecule has 1 rings (SSSR count). The van der Waals surface area contributed by atoms with Gasteiger partial charge in [0.1, 0.15) is 4.99 Å². The molecule has 0 saturated heterocycles. The fraction of sp³-hybridized carbons (Fsp3) is 0.533. The van der Waals surface area contributed by atoms with Crippen molar-refractivity contribution in [3.05, 3.63) is 28.2 Å². The zero-order chi connectivity index (χ0) is 15.1. The van der Waals surface area contributed by atoms with Crippen molar-refractivity contribution in [3.8, 4) is 0 Å². The van der Waals surface area contributed by atoms with Gasteiger partial charge in [-0.05, 0) is 58.5 Å². The van der Waals surface area contributed by atoms with Crippen molar-refractivity contribution in [3.63, 3.8) is 0 Å². The fourth-order valence-electron chi connectivity index (χ4n) is 1.84. The van der Waals surface area contributed by atoms with Gasteiger partial charge in [-0.25, -0.2) is 0 Å². The second kappa shape index (κ2) is 8.60.